The zero-order valence-corrected chi connectivity index (χ0v) is 44.4. The molecule has 3 aliphatic carbocycles. The molecule has 11 aromatic rings. The van der Waals surface area contributed by atoms with Crippen molar-refractivity contribution in [1.82, 2.24) is 0 Å². The van der Waals surface area contributed by atoms with E-state index in [1.54, 1.807) is 0 Å². The molecule has 0 amide bonds. The molecular formula is C76H62N2. The van der Waals surface area contributed by atoms with Crippen molar-refractivity contribution in [1.29, 1.82) is 0 Å². The zero-order chi connectivity index (χ0) is 52.2. The molecule has 2 fully saturated rings. The Morgan fingerprint density at radius 3 is 1.28 bits per heavy atom. The lowest BCUT2D eigenvalue weighted by atomic mass is 9.81. The van der Waals surface area contributed by atoms with Gasteiger partial charge in [-0.2, -0.15) is 0 Å². The SMILES string of the molecule is CC1(C)c2ccccc2-c2ccc(N(c3ccc(-c4cc(-c5ccccc5)c(-c5ccc(N(c6ccccc6)c6ccc(-c7ccccc7)cc6)cc5)cc4-c4ccccc4)cc3)c3ccccc3C3CC4CCC3C4)cc21. The van der Waals surface area contributed by atoms with Crippen LogP contribution in [0.25, 0.3) is 66.8 Å². The van der Waals surface area contributed by atoms with Crippen LogP contribution in [0.15, 0.2) is 273 Å². The molecule has 14 rings (SSSR count). The Morgan fingerprint density at radius 1 is 0.308 bits per heavy atom. The molecular weight excluding hydrogens is 941 g/mol. The Labute approximate surface area is 460 Å². The monoisotopic (exact) mass is 1000 g/mol. The van der Waals surface area contributed by atoms with Crippen LogP contribution in [0.3, 0.4) is 0 Å². The third kappa shape index (κ3) is 8.53. The van der Waals surface area contributed by atoms with E-state index < -0.39 is 0 Å². The van der Waals surface area contributed by atoms with E-state index in [2.05, 4.69) is 297 Å². The summed E-state index contributed by atoms with van der Waals surface area (Å²) in [5.74, 6) is 2.19. The first-order valence-electron chi connectivity index (χ1n) is 28.1. The Hall–Kier alpha value is -8.98. The molecule has 0 aromatic heterocycles. The minimum Gasteiger partial charge on any atom is -0.311 e. The fraction of sp³-hybridized carbons (Fsp3) is 0.132. The van der Waals surface area contributed by atoms with Gasteiger partial charge in [0.05, 0.1) is 0 Å². The van der Waals surface area contributed by atoms with E-state index in [-0.39, 0.29) is 5.41 Å². The minimum atomic E-state index is -0.113. The highest BCUT2D eigenvalue weighted by Gasteiger charge is 2.42. The summed E-state index contributed by atoms with van der Waals surface area (Å²) in [6.07, 6.45) is 5.40. The van der Waals surface area contributed by atoms with Gasteiger partial charge in [-0.15, -0.1) is 0 Å². The summed E-state index contributed by atoms with van der Waals surface area (Å²) in [4.78, 5) is 4.92. The average molecular weight is 1000 g/mol. The fourth-order valence-corrected chi connectivity index (χ4v) is 13.7. The Bertz CT molecular complexity index is 3920. The van der Waals surface area contributed by atoms with Crippen LogP contribution in [0, 0.1) is 11.8 Å². The van der Waals surface area contributed by atoms with Gasteiger partial charge in [0.2, 0.25) is 0 Å². The summed E-state index contributed by atoms with van der Waals surface area (Å²) in [7, 11) is 0. The van der Waals surface area contributed by atoms with Crippen LogP contribution in [0.1, 0.15) is 62.1 Å². The molecule has 78 heavy (non-hydrogen) atoms. The predicted octanol–water partition coefficient (Wildman–Crippen LogP) is 21.2. The van der Waals surface area contributed by atoms with Crippen molar-refractivity contribution in [2.75, 3.05) is 9.80 Å². The molecule has 3 unspecified atom stereocenters. The minimum absolute atomic E-state index is 0.113. The second kappa shape index (κ2) is 19.9. The standard InChI is InChI=1S/C76H62N2/c1-76(2)73-29-17-15-27-65(73)66-46-45-64(49-74(66)76)78(75-30-18-16-28-67(75)68-48-52-31-32-59(68)47-52)63-43-37-58(38-44-63)72-51-69(55-21-9-4-10-22-55)71(50-70(72)56-23-11-5-12-24-56)57-35-41-62(42-36-57)77(60-25-13-6-14-26-60)61-39-33-54(34-40-61)53-19-7-3-8-20-53/h3-30,33-46,49-52,59,68H,31-32,47-48H2,1-2H3. The third-order valence-corrected chi connectivity index (χ3v) is 17.6. The van der Waals surface area contributed by atoms with Crippen LogP contribution in [-0.4, -0.2) is 0 Å². The first-order valence-corrected chi connectivity index (χ1v) is 28.1. The van der Waals surface area contributed by atoms with Crippen LogP contribution in [0.2, 0.25) is 0 Å². The summed E-state index contributed by atoms with van der Waals surface area (Å²) in [6, 6.07) is 101. The van der Waals surface area contributed by atoms with Gasteiger partial charge in [0.25, 0.3) is 0 Å². The van der Waals surface area contributed by atoms with Gasteiger partial charge < -0.3 is 9.80 Å². The highest BCUT2D eigenvalue weighted by molar-refractivity contribution is 5.96. The van der Waals surface area contributed by atoms with E-state index in [1.807, 2.05) is 0 Å². The molecule has 2 nitrogen and oxygen atoms in total. The van der Waals surface area contributed by atoms with Crippen molar-refractivity contribution in [3.05, 3.63) is 290 Å². The van der Waals surface area contributed by atoms with Gasteiger partial charge in [-0.3, -0.25) is 0 Å². The second-order valence-electron chi connectivity index (χ2n) is 22.4. The largest absolute Gasteiger partial charge is 0.311 e. The van der Waals surface area contributed by atoms with Crippen LogP contribution < -0.4 is 9.80 Å². The number of rotatable bonds is 12. The molecule has 3 aliphatic rings. The molecule has 11 aromatic carbocycles. The number of benzene rings is 11. The first-order chi connectivity index (χ1) is 38.4. The average Bonchev–Trinajstić information content (AvgIpc) is 4.40. The van der Waals surface area contributed by atoms with Gasteiger partial charge >= 0.3 is 0 Å². The summed E-state index contributed by atoms with van der Waals surface area (Å²) < 4.78 is 0. The molecule has 376 valence electrons. The van der Waals surface area contributed by atoms with Crippen molar-refractivity contribution < 1.29 is 0 Å². The van der Waals surface area contributed by atoms with Gasteiger partial charge in [-0.05, 0) is 199 Å². The van der Waals surface area contributed by atoms with Gasteiger partial charge in [-0.25, -0.2) is 0 Å². The maximum atomic E-state index is 2.57. The van der Waals surface area contributed by atoms with Crippen molar-refractivity contribution in [3.63, 3.8) is 0 Å². The Balaban J connectivity index is 0.880. The molecule has 2 bridgehead atoms. The lowest BCUT2D eigenvalue weighted by Crippen LogP contribution is -2.18. The van der Waals surface area contributed by atoms with Crippen LogP contribution in [-0.2, 0) is 5.41 Å². The summed E-state index contributed by atoms with van der Waals surface area (Å²) in [6.45, 7) is 4.79. The number of nitrogens with zero attached hydrogens (tertiary/aromatic N) is 2. The first kappa shape index (κ1) is 47.5. The third-order valence-electron chi connectivity index (χ3n) is 17.6. The molecule has 0 radical (unpaired) electrons. The Morgan fingerprint density at radius 2 is 0.731 bits per heavy atom. The smallest absolute Gasteiger partial charge is 0.0496 e. The van der Waals surface area contributed by atoms with Crippen molar-refractivity contribution in [2.45, 2.75) is 50.9 Å². The number of hydrogen-bond acceptors (Lipinski definition) is 2. The number of anilines is 6. The van der Waals surface area contributed by atoms with E-state index >= 15 is 0 Å². The topological polar surface area (TPSA) is 6.48 Å². The lowest BCUT2D eigenvalue weighted by molar-refractivity contribution is 0.420. The predicted molar refractivity (Wildman–Crippen MR) is 329 cm³/mol. The molecule has 0 saturated heterocycles. The number of para-hydroxylation sites is 2. The lowest BCUT2D eigenvalue weighted by Gasteiger charge is -2.32. The van der Waals surface area contributed by atoms with E-state index in [9.17, 15) is 0 Å². The molecule has 2 saturated carbocycles. The summed E-state index contributed by atoms with van der Waals surface area (Å²) in [5, 5.41) is 0. The molecule has 0 spiro atoms. The fourth-order valence-electron chi connectivity index (χ4n) is 13.7. The van der Waals surface area contributed by atoms with Crippen molar-refractivity contribution in [2.24, 2.45) is 11.8 Å². The highest BCUT2D eigenvalue weighted by Crippen LogP contribution is 2.57. The summed E-state index contributed by atoms with van der Waals surface area (Å²) in [5.41, 5.74) is 25.8. The highest BCUT2D eigenvalue weighted by atomic mass is 15.1. The van der Waals surface area contributed by atoms with Crippen LogP contribution >= 0.6 is 0 Å². The molecule has 0 heterocycles. The maximum Gasteiger partial charge on any atom is 0.0496 e. The molecule has 2 heteroatoms. The van der Waals surface area contributed by atoms with Crippen molar-refractivity contribution in [3.8, 4) is 66.8 Å². The molecule has 0 aliphatic heterocycles. The quantitative estimate of drug-likeness (QED) is 0.120. The van der Waals surface area contributed by atoms with Crippen LogP contribution in [0.4, 0.5) is 34.1 Å². The van der Waals surface area contributed by atoms with E-state index in [0.717, 1.165) is 34.5 Å². The normalized spacial score (nSPS) is 16.6. The summed E-state index contributed by atoms with van der Waals surface area (Å²) >= 11 is 0. The Kier molecular flexibility index (Phi) is 12.1. The van der Waals surface area contributed by atoms with Crippen LogP contribution in [0.5, 0.6) is 0 Å². The van der Waals surface area contributed by atoms with Gasteiger partial charge in [0.15, 0.2) is 0 Å². The van der Waals surface area contributed by atoms with E-state index in [4.69, 9.17) is 0 Å². The maximum absolute atomic E-state index is 2.57. The second-order valence-corrected chi connectivity index (χ2v) is 22.4. The zero-order valence-electron chi connectivity index (χ0n) is 44.4. The van der Waals surface area contributed by atoms with Gasteiger partial charge in [0, 0.05) is 39.5 Å². The number of fused-ring (bicyclic) bond motifs is 5. The van der Waals surface area contributed by atoms with E-state index in [1.165, 1.54) is 121 Å². The molecule has 3 atom stereocenters. The number of hydrogen-bond donors (Lipinski definition) is 0. The van der Waals surface area contributed by atoms with Crippen molar-refractivity contribution >= 4 is 34.1 Å². The van der Waals surface area contributed by atoms with Gasteiger partial charge in [-0.1, -0.05) is 214 Å². The van der Waals surface area contributed by atoms with E-state index in [0.29, 0.717) is 5.92 Å². The molecule has 0 N–H and O–H groups in total. The van der Waals surface area contributed by atoms with Gasteiger partial charge in [0.1, 0.15) is 0 Å².